The number of halogens is 2. The van der Waals surface area contributed by atoms with Gasteiger partial charge < -0.3 is 14.6 Å². The number of carbonyl (C=O) groups is 1. The number of benzene rings is 1. The van der Waals surface area contributed by atoms with Gasteiger partial charge in [0.2, 0.25) is 0 Å². The number of rotatable bonds is 7. The van der Waals surface area contributed by atoms with Crippen LogP contribution in [0.3, 0.4) is 0 Å². The standard InChI is InChI=1S/C14H18Cl2O4/c1-8(2)19-6-10(18)7-20-14-11(9(3)17)4-5-12(15)13(14)16/h4-5,8,10,18H,6-7H2,1-3H3. The Kier molecular flexibility index (Phi) is 6.76. The fourth-order valence-electron chi connectivity index (χ4n) is 1.48. The molecule has 1 aromatic carbocycles. The van der Waals surface area contributed by atoms with Crippen molar-refractivity contribution in [3.63, 3.8) is 0 Å². The third-order valence-electron chi connectivity index (χ3n) is 2.47. The number of Topliss-reactive ketones (excluding diaryl/α,β-unsaturated/α-hetero) is 1. The van der Waals surface area contributed by atoms with Gasteiger partial charge in [0.15, 0.2) is 5.78 Å². The second-order valence-electron chi connectivity index (χ2n) is 4.64. The van der Waals surface area contributed by atoms with Crippen LogP contribution in [0.2, 0.25) is 10.0 Å². The van der Waals surface area contributed by atoms with E-state index in [0.29, 0.717) is 10.6 Å². The van der Waals surface area contributed by atoms with Gasteiger partial charge in [0, 0.05) is 0 Å². The molecule has 0 aliphatic rings. The van der Waals surface area contributed by atoms with Gasteiger partial charge in [-0.3, -0.25) is 4.79 Å². The summed E-state index contributed by atoms with van der Waals surface area (Å²) in [5.41, 5.74) is 0.330. The number of aliphatic hydroxyl groups is 1. The minimum absolute atomic E-state index is 0.0205. The van der Waals surface area contributed by atoms with Gasteiger partial charge in [0.05, 0.1) is 23.3 Å². The highest BCUT2D eigenvalue weighted by atomic mass is 35.5. The first-order valence-corrected chi connectivity index (χ1v) is 7.00. The molecule has 1 rings (SSSR count). The van der Waals surface area contributed by atoms with Crippen molar-refractivity contribution in [3.8, 4) is 5.75 Å². The maximum atomic E-state index is 11.5. The molecule has 0 bridgehead atoms. The first kappa shape index (κ1) is 17.2. The van der Waals surface area contributed by atoms with E-state index in [2.05, 4.69) is 0 Å². The summed E-state index contributed by atoms with van der Waals surface area (Å²) in [6, 6.07) is 3.08. The van der Waals surface area contributed by atoms with E-state index in [-0.39, 0.29) is 35.9 Å². The zero-order chi connectivity index (χ0) is 15.3. The van der Waals surface area contributed by atoms with Crippen LogP contribution in [0.4, 0.5) is 0 Å². The summed E-state index contributed by atoms with van der Waals surface area (Å²) in [4.78, 5) is 11.5. The van der Waals surface area contributed by atoms with Crippen molar-refractivity contribution >= 4 is 29.0 Å². The molecule has 0 radical (unpaired) electrons. The van der Waals surface area contributed by atoms with Crippen molar-refractivity contribution in [2.75, 3.05) is 13.2 Å². The van der Waals surface area contributed by atoms with E-state index in [4.69, 9.17) is 32.7 Å². The molecular formula is C14H18Cl2O4. The molecule has 0 heterocycles. The molecular weight excluding hydrogens is 303 g/mol. The Morgan fingerprint density at radius 1 is 1.30 bits per heavy atom. The number of ketones is 1. The summed E-state index contributed by atoms with van der Waals surface area (Å²) in [5, 5.41) is 10.2. The first-order chi connectivity index (χ1) is 9.32. The van der Waals surface area contributed by atoms with E-state index in [9.17, 15) is 9.90 Å². The Balaban J connectivity index is 2.76. The van der Waals surface area contributed by atoms with E-state index in [1.165, 1.54) is 13.0 Å². The lowest BCUT2D eigenvalue weighted by molar-refractivity contribution is -0.0123. The number of aliphatic hydroxyl groups excluding tert-OH is 1. The maximum absolute atomic E-state index is 11.5. The molecule has 0 aliphatic carbocycles. The first-order valence-electron chi connectivity index (χ1n) is 6.24. The van der Waals surface area contributed by atoms with E-state index >= 15 is 0 Å². The lowest BCUT2D eigenvalue weighted by Gasteiger charge is -2.17. The Morgan fingerprint density at radius 2 is 1.95 bits per heavy atom. The summed E-state index contributed by atoms with van der Waals surface area (Å²) in [6.07, 6.45) is -0.792. The third-order valence-corrected chi connectivity index (χ3v) is 3.26. The van der Waals surface area contributed by atoms with Crippen molar-refractivity contribution in [2.24, 2.45) is 0 Å². The number of hydrogen-bond donors (Lipinski definition) is 1. The van der Waals surface area contributed by atoms with E-state index in [1.54, 1.807) is 6.07 Å². The van der Waals surface area contributed by atoms with Crippen LogP contribution in [0.5, 0.6) is 5.75 Å². The van der Waals surface area contributed by atoms with E-state index in [0.717, 1.165) is 0 Å². The largest absolute Gasteiger partial charge is 0.488 e. The Bertz CT molecular complexity index is 474. The van der Waals surface area contributed by atoms with Crippen LogP contribution in [-0.2, 0) is 4.74 Å². The zero-order valence-electron chi connectivity index (χ0n) is 11.7. The Labute approximate surface area is 128 Å². The molecule has 1 N–H and O–H groups in total. The van der Waals surface area contributed by atoms with Gasteiger partial charge in [0.1, 0.15) is 23.5 Å². The second-order valence-corrected chi connectivity index (χ2v) is 5.43. The van der Waals surface area contributed by atoms with Gasteiger partial charge in [0.25, 0.3) is 0 Å². The van der Waals surface area contributed by atoms with Gasteiger partial charge in [-0.2, -0.15) is 0 Å². The Morgan fingerprint density at radius 3 is 2.50 bits per heavy atom. The highest BCUT2D eigenvalue weighted by Gasteiger charge is 2.17. The van der Waals surface area contributed by atoms with Crippen LogP contribution in [0.15, 0.2) is 12.1 Å². The predicted molar refractivity (Wildman–Crippen MR) is 79.1 cm³/mol. The molecule has 112 valence electrons. The monoisotopic (exact) mass is 320 g/mol. The summed E-state index contributed by atoms with van der Waals surface area (Å²) < 4.78 is 10.7. The fraction of sp³-hybridized carbons (Fsp3) is 0.500. The molecule has 0 saturated carbocycles. The quantitative estimate of drug-likeness (QED) is 0.783. The maximum Gasteiger partial charge on any atom is 0.163 e. The van der Waals surface area contributed by atoms with Gasteiger partial charge >= 0.3 is 0 Å². The number of carbonyl (C=O) groups excluding carboxylic acids is 1. The zero-order valence-corrected chi connectivity index (χ0v) is 13.2. The summed E-state index contributed by atoms with van der Waals surface area (Å²) in [6.45, 7) is 5.26. The van der Waals surface area contributed by atoms with Crippen LogP contribution < -0.4 is 4.74 Å². The number of hydrogen-bond acceptors (Lipinski definition) is 4. The van der Waals surface area contributed by atoms with Gasteiger partial charge in [-0.1, -0.05) is 23.2 Å². The third kappa shape index (κ3) is 4.94. The summed E-state index contributed by atoms with van der Waals surface area (Å²) >= 11 is 11.9. The summed E-state index contributed by atoms with van der Waals surface area (Å²) in [7, 11) is 0. The minimum atomic E-state index is -0.813. The molecule has 0 amide bonds. The molecule has 20 heavy (non-hydrogen) atoms. The molecule has 0 aromatic heterocycles. The summed E-state index contributed by atoms with van der Waals surface area (Å²) in [5.74, 6) is 0.00162. The van der Waals surface area contributed by atoms with Crippen molar-refractivity contribution in [1.29, 1.82) is 0 Å². The lowest BCUT2D eigenvalue weighted by Crippen LogP contribution is -2.25. The van der Waals surface area contributed by atoms with Gasteiger partial charge in [-0.25, -0.2) is 0 Å². The van der Waals surface area contributed by atoms with Crippen LogP contribution in [0, 0.1) is 0 Å². The minimum Gasteiger partial charge on any atom is -0.488 e. The smallest absolute Gasteiger partial charge is 0.163 e. The van der Waals surface area contributed by atoms with Crippen LogP contribution in [0.1, 0.15) is 31.1 Å². The van der Waals surface area contributed by atoms with E-state index < -0.39 is 6.10 Å². The molecule has 6 heteroatoms. The highest BCUT2D eigenvalue weighted by Crippen LogP contribution is 2.35. The van der Waals surface area contributed by atoms with Gasteiger partial charge in [-0.15, -0.1) is 0 Å². The lowest BCUT2D eigenvalue weighted by atomic mass is 10.1. The molecule has 0 aliphatic heterocycles. The highest BCUT2D eigenvalue weighted by molar-refractivity contribution is 6.43. The molecule has 4 nitrogen and oxygen atoms in total. The van der Waals surface area contributed by atoms with Crippen molar-refractivity contribution in [2.45, 2.75) is 33.0 Å². The van der Waals surface area contributed by atoms with E-state index in [1.807, 2.05) is 13.8 Å². The topological polar surface area (TPSA) is 55.8 Å². The van der Waals surface area contributed by atoms with Crippen molar-refractivity contribution in [1.82, 2.24) is 0 Å². The average molecular weight is 321 g/mol. The van der Waals surface area contributed by atoms with Crippen LogP contribution in [0.25, 0.3) is 0 Å². The molecule has 0 fully saturated rings. The molecule has 1 unspecified atom stereocenters. The number of ether oxygens (including phenoxy) is 2. The second kappa shape index (κ2) is 7.84. The fourth-order valence-corrected chi connectivity index (χ4v) is 1.85. The van der Waals surface area contributed by atoms with Crippen molar-refractivity contribution in [3.05, 3.63) is 27.7 Å². The average Bonchev–Trinajstić information content (AvgIpc) is 2.37. The Hall–Kier alpha value is -0.810. The molecule has 1 atom stereocenters. The normalized spacial score (nSPS) is 12.6. The predicted octanol–water partition coefficient (Wildman–Crippen LogP) is 3.36. The van der Waals surface area contributed by atoms with Crippen LogP contribution in [-0.4, -0.2) is 36.3 Å². The molecule has 1 aromatic rings. The SMILES string of the molecule is CC(=O)c1ccc(Cl)c(Cl)c1OCC(O)COC(C)C. The van der Waals surface area contributed by atoms with Crippen molar-refractivity contribution < 1.29 is 19.4 Å². The molecule has 0 saturated heterocycles. The van der Waals surface area contributed by atoms with Gasteiger partial charge in [-0.05, 0) is 32.9 Å². The van der Waals surface area contributed by atoms with Crippen LogP contribution >= 0.6 is 23.2 Å². The molecule has 0 spiro atoms.